The molecular formula is C22H23N3O6S2. The van der Waals surface area contributed by atoms with Crippen LogP contribution in [0, 0.1) is 0 Å². The molecule has 2 aromatic rings. The van der Waals surface area contributed by atoms with E-state index in [0.29, 0.717) is 60.7 Å². The summed E-state index contributed by atoms with van der Waals surface area (Å²) in [4.78, 5) is 17.5. The molecule has 0 saturated carbocycles. The standard InChI is InChI=1S/C22H23N3O6S2/c26-21(20-13-30-18-3-1-2-4-19(18)31-20)24-22-23-17(14-32-22)15-5-7-16(8-6-15)33(27,28)25-9-11-29-12-10-25/h1-5,7,14,20H,6,8-13H2,(H,23,24,26). The Morgan fingerprint density at radius 3 is 2.67 bits per heavy atom. The third kappa shape index (κ3) is 4.67. The number of benzene rings is 1. The first-order valence-electron chi connectivity index (χ1n) is 10.6. The van der Waals surface area contributed by atoms with Gasteiger partial charge in [0.15, 0.2) is 16.6 Å². The van der Waals surface area contributed by atoms with Crippen molar-refractivity contribution in [2.75, 3.05) is 38.2 Å². The molecule has 5 rings (SSSR count). The van der Waals surface area contributed by atoms with E-state index in [1.54, 1.807) is 24.3 Å². The average molecular weight is 490 g/mol. The molecule has 1 aromatic carbocycles. The second-order valence-corrected chi connectivity index (χ2v) is 10.6. The van der Waals surface area contributed by atoms with Gasteiger partial charge in [-0.25, -0.2) is 13.4 Å². The van der Waals surface area contributed by atoms with Crippen LogP contribution in [0.1, 0.15) is 18.5 Å². The largest absolute Gasteiger partial charge is 0.485 e. The fraction of sp³-hybridized carbons (Fsp3) is 0.364. The second kappa shape index (κ2) is 9.26. The molecule has 0 spiro atoms. The molecular weight excluding hydrogens is 466 g/mol. The number of carbonyl (C=O) groups is 1. The lowest BCUT2D eigenvalue weighted by molar-refractivity contribution is -0.125. The minimum Gasteiger partial charge on any atom is -0.485 e. The van der Waals surface area contributed by atoms with E-state index in [4.69, 9.17) is 14.2 Å². The van der Waals surface area contributed by atoms with Gasteiger partial charge in [-0.2, -0.15) is 4.31 Å². The first-order chi connectivity index (χ1) is 16.0. The number of morpholine rings is 1. The normalized spacial score (nSPS) is 21.2. The Hall–Kier alpha value is -2.73. The van der Waals surface area contributed by atoms with Crippen LogP contribution in [0.15, 0.2) is 46.7 Å². The Morgan fingerprint density at radius 1 is 1.12 bits per heavy atom. The van der Waals surface area contributed by atoms with Gasteiger partial charge in [0.05, 0.1) is 23.8 Å². The first-order valence-corrected chi connectivity index (χ1v) is 13.0. The zero-order valence-corrected chi connectivity index (χ0v) is 19.4. The molecule has 9 nitrogen and oxygen atoms in total. The third-order valence-corrected chi connectivity index (χ3v) is 8.42. The number of para-hydroxylation sites is 2. The van der Waals surface area contributed by atoms with E-state index in [0.717, 1.165) is 11.3 Å². The van der Waals surface area contributed by atoms with Gasteiger partial charge in [0.2, 0.25) is 16.1 Å². The Kier molecular flexibility index (Phi) is 6.19. The number of thiazole rings is 1. The summed E-state index contributed by atoms with van der Waals surface area (Å²) in [7, 11) is -3.47. The van der Waals surface area contributed by atoms with Crippen molar-refractivity contribution in [3.05, 3.63) is 52.4 Å². The molecule has 0 bridgehead atoms. The molecule has 11 heteroatoms. The summed E-state index contributed by atoms with van der Waals surface area (Å²) in [6.07, 6.45) is 3.66. The molecule has 3 heterocycles. The van der Waals surface area contributed by atoms with Crippen molar-refractivity contribution in [3.63, 3.8) is 0 Å². The van der Waals surface area contributed by atoms with Crippen molar-refractivity contribution >= 4 is 38.0 Å². The molecule has 2 aliphatic heterocycles. The van der Waals surface area contributed by atoms with Crippen LogP contribution in [-0.4, -0.2) is 62.6 Å². The number of aromatic nitrogens is 1. The number of nitrogens with one attached hydrogen (secondary N) is 1. The minimum atomic E-state index is -3.47. The van der Waals surface area contributed by atoms with Gasteiger partial charge in [0.1, 0.15) is 6.61 Å². The number of amides is 1. The molecule has 0 radical (unpaired) electrons. The van der Waals surface area contributed by atoms with E-state index >= 15 is 0 Å². The number of hydrogen-bond donors (Lipinski definition) is 1. The Bertz CT molecular complexity index is 1210. The number of sulfonamides is 1. The van der Waals surface area contributed by atoms with Crippen molar-refractivity contribution in [2.24, 2.45) is 0 Å². The fourth-order valence-electron chi connectivity index (χ4n) is 3.81. The molecule has 1 fully saturated rings. The monoisotopic (exact) mass is 489 g/mol. The highest BCUT2D eigenvalue weighted by Gasteiger charge is 2.30. The number of fused-ring (bicyclic) bond motifs is 1. The summed E-state index contributed by atoms with van der Waals surface area (Å²) in [6, 6.07) is 7.21. The van der Waals surface area contributed by atoms with Crippen LogP contribution >= 0.6 is 11.3 Å². The number of anilines is 1. The summed E-state index contributed by atoms with van der Waals surface area (Å²) in [5, 5.41) is 5.09. The highest BCUT2D eigenvalue weighted by Crippen LogP contribution is 2.33. The average Bonchev–Trinajstić information content (AvgIpc) is 3.33. The van der Waals surface area contributed by atoms with E-state index in [9.17, 15) is 13.2 Å². The summed E-state index contributed by atoms with van der Waals surface area (Å²) in [5.41, 5.74) is 1.65. The molecule has 3 aliphatic rings. The zero-order valence-electron chi connectivity index (χ0n) is 17.7. The lowest BCUT2D eigenvalue weighted by atomic mass is 10.0. The molecule has 33 heavy (non-hydrogen) atoms. The summed E-state index contributed by atoms with van der Waals surface area (Å²) < 4.78 is 43.7. The van der Waals surface area contributed by atoms with Crippen molar-refractivity contribution in [1.29, 1.82) is 0 Å². The van der Waals surface area contributed by atoms with Crippen LogP contribution in [0.3, 0.4) is 0 Å². The molecule has 1 N–H and O–H groups in total. The highest BCUT2D eigenvalue weighted by molar-refractivity contribution is 7.93. The second-order valence-electron chi connectivity index (χ2n) is 7.73. The molecule has 1 atom stereocenters. The number of hydrogen-bond acceptors (Lipinski definition) is 8. The summed E-state index contributed by atoms with van der Waals surface area (Å²) >= 11 is 1.31. The number of ether oxygens (including phenoxy) is 3. The van der Waals surface area contributed by atoms with E-state index in [2.05, 4.69) is 10.3 Å². The van der Waals surface area contributed by atoms with Gasteiger partial charge in [-0.1, -0.05) is 18.2 Å². The van der Waals surface area contributed by atoms with E-state index in [1.165, 1.54) is 15.6 Å². The van der Waals surface area contributed by atoms with Crippen LogP contribution < -0.4 is 14.8 Å². The van der Waals surface area contributed by atoms with E-state index in [-0.39, 0.29) is 12.5 Å². The van der Waals surface area contributed by atoms with E-state index in [1.807, 2.05) is 17.5 Å². The first kappa shape index (κ1) is 22.1. The van der Waals surface area contributed by atoms with Crippen LogP contribution in [0.25, 0.3) is 5.57 Å². The topological polar surface area (TPSA) is 107 Å². The van der Waals surface area contributed by atoms with Gasteiger partial charge in [0.25, 0.3) is 5.91 Å². The number of nitrogens with zero attached hydrogens (tertiary/aromatic N) is 2. The smallest absolute Gasteiger partial charge is 0.270 e. The molecule has 1 amide bonds. The minimum absolute atomic E-state index is 0.122. The van der Waals surface area contributed by atoms with Crippen LogP contribution in [0.2, 0.25) is 0 Å². The van der Waals surface area contributed by atoms with Crippen LogP contribution in [0.5, 0.6) is 11.5 Å². The Labute approximate surface area is 195 Å². The predicted molar refractivity (Wildman–Crippen MR) is 124 cm³/mol. The summed E-state index contributed by atoms with van der Waals surface area (Å²) in [5.74, 6) is 0.818. The van der Waals surface area contributed by atoms with Crippen molar-refractivity contribution in [2.45, 2.75) is 18.9 Å². The maximum absolute atomic E-state index is 12.8. The molecule has 174 valence electrons. The van der Waals surface area contributed by atoms with Gasteiger partial charge in [-0.15, -0.1) is 11.3 Å². The number of carbonyl (C=O) groups excluding carboxylic acids is 1. The maximum atomic E-state index is 12.8. The Balaban J connectivity index is 1.23. The van der Waals surface area contributed by atoms with Gasteiger partial charge in [-0.05, 0) is 36.6 Å². The fourth-order valence-corrected chi connectivity index (χ4v) is 6.11. The number of rotatable bonds is 5. The Morgan fingerprint density at radius 2 is 1.91 bits per heavy atom. The number of allylic oxidation sites excluding steroid dienone is 4. The highest BCUT2D eigenvalue weighted by atomic mass is 32.2. The van der Waals surface area contributed by atoms with E-state index < -0.39 is 16.1 Å². The third-order valence-electron chi connectivity index (χ3n) is 5.62. The predicted octanol–water partition coefficient (Wildman–Crippen LogP) is 2.64. The van der Waals surface area contributed by atoms with Gasteiger partial charge in [-0.3, -0.25) is 10.1 Å². The van der Waals surface area contributed by atoms with Gasteiger partial charge < -0.3 is 14.2 Å². The maximum Gasteiger partial charge on any atom is 0.270 e. The molecule has 1 aromatic heterocycles. The molecule has 1 saturated heterocycles. The van der Waals surface area contributed by atoms with Crippen molar-refractivity contribution < 1.29 is 27.4 Å². The summed E-state index contributed by atoms with van der Waals surface area (Å²) in [6.45, 7) is 1.73. The van der Waals surface area contributed by atoms with Crippen molar-refractivity contribution in [1.82, 2.24) is 9.29 Å². The van der Waals surface area contributed by atoms with Crippen LogP contribution in [0.4, 0.5) is 5.13 Å². The van der Waals surface area contributed by atoms with Gasteiger partial charge >= 0.3 is 0 Å². The zero-order chi connectivity index (χ0) is 22.8. The quantitative estimate of drug-likeness (QED) is 0.688. The molecule has 1 unspecified atom stereocenters. The van der Waals surface area contributed by atoms with Crippen LogP contribution in [-0.2, 0) is 19.6 Å². The molecule has 1 aliphatic carbocycles. The lowest BCUT2D eigenvalue weighted by Crippen LogP contribution is -2.41. The van der Waals surface area contributed by atoms with Crippen molar-refractivity contribution in [3.8, 4) is 11.5 Å². The SMILES string of the molecule is O=C(Nc1nc(C2=CC=C(S(=O)(=O)N3CCOCC3)CC2)cs1)C1COc2ccccc2O1. The lowest BCUT2D eigenvalue weighted by Gasteiger charge is -2.27. The van der Waals surface area contributed by atoms with Gasteiger partial charge in [0, 0.05) is 18.5 Å².